The van der Waals surface area contributed by atoms with Gasteiger partial charge in [-0.15, -0.1) is 0 Å². The van der Waals surface area contributed by atoms with Gasteiger partial charge < -0.3 is 14.5 Å². The maximum Gasteiger partial charge on any atom is 0.255 e. The van der Waals surface area contributed by atoms with Gasteiger partial charge in [0.1, 0.15) is 0 Å². The Bertz CT molecular complexity index is 764. The minimum absolute atomic E-state index is 0.119. The van der Waals surface area contributed by atoms with Crippen LogP contribution in [0.2, 0.25) is 0 Å². The number of benzene rings is 1. The van der Waals surface area contributed by atoms with Gasteiger partial charge in [0.15, 0.2) is 16.3 Å². The third-order valence-corrected chi connectivity index (χ3v) is 3.51. The highest BCUT2D eigenvalue weighted by atomic mass is 32.1. The number of ether oxygens (including phenoxy) is 2. The van der Waals surface area contributed by atoms with Gasteiger partial charge in [-0.2, -0.15) is 0 Å². The van der Waals surface area contributed by atoms with Gasteiger partial charge in [-0.25, -0.2) is 0 Å². The molecule has 20 heavy (non-hydrogen) atoms. The number of rotatable bonds is 3. The maximum absolute atomic E-state index is 11.9. The standard InChI is InChI=1S/C14H14N2O3S/c1-2-9-10(15-14(20)16-13(9)17)5-8-3-4-11-12(6-8)19-7-18-11/h3-4,6H,2,5,7H2,1H3,(H2,15,16,17,20). The fourth-order valence-electron chi connectivity index (χ4n) is 2.34. The van der Waals surface area contributed by atoms with Gasteiger partial charge in [0.2, 0.25) is 6.79 Å². The number of aromatic nitrogens is 2. The van der Waals surface area contributed by atoms with Crippen molar-refractivity contribution in [2.45, 2.75) is 19.8 Å². The van der Waals surface area contributed by atoms with Crippen LogP contribution >= 0.6 is 12.2 Å². The number of nitrogens with one attached hydrogen (secondary N) is 2. The largest absolute Gasteiger partial charge is 0.454 e. The molecule has 0 fully saturated rings. The van der Waals surface area contributed by atoms with Crippen LogP contribution in [-0.4, -0.2) is 16.8 Å². The normalized spacial score (nSPS) is 12.7. The van der Waals surface area contributed by atoms with Gasteiger partial charge in [0.05, 0.1) is 0 Å². The topological polar surface area (TPSA) is 67.1 Å². The molecule has 6 heteroatoms. The average molecular weight is 290 g/mol. The van der Waals surface area contributed by atoms with E-state index in [1.54, 1.807) is 0 Å². The van der Waals surface area contributed by atoms with E-state index in [2.05, 4.69) is 9.97 Å². The summed E-state index contributed by atoms with van der Waals surface area (Å²) in [5, 5.41) is 0. The van der Waals surface area contributed by atoms with E-state index in [1.165, 1.54) is 0 Å². The summed E-state index contributed by atoms with van der Waals surface area (Å²) in [5.41, 5.74) is 2.50. The first kappa shape index (κ1) is 12.9. The molecular formula is C14H14N2O3S. The van der Waals surface area contributed by atoms with Crippen LogP contribution in [0.25, 0.3) is 0 Å². The third kappa shape index (κ3) is 2.34. The molecule has 2 aromatic rings. The molecule has 2 N–H and O–H groups in total. The van der Waals surface area contributed by atoms with Crippen molar-refractivity contribution in [2.75, 3.05) is 6.79 Å². The second-order valence-corrected chi connectivity index (χ2v) is 4.99. The highest BCUT2D eigenvalue weighted by Crippen LogP contribution is 2.33. The van der Waals surface area contributed by atoms with Crippen LogP contribution in [-0.2, 0) is 12.8 Å². The fraction of sp³-hybridized carbons (Fsp3) is 0.286. The Hall–Kier alpha value is -2.08. The Morgan fingerprint density at radius 1 is 1.25 bits per heavy atom. The lowest BCUT2D eigenvalue weighted by atomic mass is 10.0. The zero-order valence-electron chi connectivity index (χ0n) is 11.0. The molecule has 0 amide bonds. The van der Waals surface area contributed by atoms with Crippen molar-refractivity contribution in [3.05, 3.63) is 50.1 Å². The average Bonchev–Trinajstić information content (AvgIpc) is 2.85. The predicted octanol–water partition coefficient (Wildman–Crippen LogP) is 2.31. The van der Waals surface area contributed by atoms with Crippen LogP contribution in [0, 0.1) is 4.77 Å². The molecule has 0 aliphatic carbocycles. The van der Waals surface area contributed by atoms with Crippen LogP contribution in [0.1, 0.15) is 23.7 Å². The molecule has 2 heterocycles. The van der Waals surface area contributed by atoms with Crippen molar-refractivity contribution in [3.63, 3.8) is 0 Å². The highest BCUT2D eigenvalue weighted by Gasteiger charge is 2.14. The van der Waals surface area contributed by atoms with E-state index in [0.29, 0.717) is 17.6 Å². The van der Waals surface area contributed by atoms with Crippen LogP contribution in [0.4, 0.5) is 0 Å². The lowest BCUT2D eigenvalue weighted by molar-refractivity contribution is 0.174. The Morgan fingerprint density at radius 3 is 2.85 bits per heavy atom. The van der Waals surface area contributed by atoms with Gasteiger partial charge in [0, 0.05) is 17.7 Å². The molecule has 0 bridgehead atoms. The Labute approximate surface area is 120 Å². The summed E-state index contributed by atoms with van der Waals surface area (Å²) in [6.45, 7) is 2.21. The van der Waals surface area contributed by atoms with Crippen molar-refractivity contribution < 1.29 is 9.47 Å². The van der Waals surface area contributed by atoms with Crippen LogP contribution < -0.4 is 15.0 Å². The van der Waals surface area contributed by atoms with E-state index in [1.807, 2.05) is 25.1 Å². The van der Waals surface area contributed by atoms with Crippen LogP contribution in [0.5, 0.6) is 11.5 Å². The number of hydrogen-bond acceptors (Lipinski definition) is 4. The number of aromatic amines is 2. The first-order valence-electron chi connectivity index (χ1n) is 6.40. The summed E-state index contributed by atoms with van der Waals surface area (Å²) in [7, 11) is 0. The summed E-state index contributed by atoms with van der Waals surface area (Å²) in [6, 6.07) is 5.77. The Kier molecular flexibility index (Phi) is 3.31. The molecule has 1 aromatic heterocycles. The first-order chi connectivity index (χ1) is 9.67. The van der Waals surface area contributed by atoms with Gasteiger partial charge in [-0.1, -0.05) is 13.0 Å². The predicted molar refractivity (Wildman–Crippen MR) is 77.0 cm³/mol. The summed E-state index contributed by atoms with van der Waals surface area (Å²) in [5.74, 6) is 1.49. The highest BCUT2D eigenvalue weighted by molar-refractivity contribution is 7.71. The fourth-order valence-corrected chi connectivity index (χ4v) is 2.56. The molecule has 0 unspecified atom stereocenters. The number of H-pyrrole nitrogens is 2. The molecule has 0 saturated heterocycles. The van der Waals surface area contributed by atoms with Crippen LogP contribution in [0.3, 0.4) is 0 Å². The van der Waals surface area contributed by atoms with E-state index in [9.17, 15) is 4.79 Å². The van der Waals surface area contributed by atoms with Gasteiger partial charge in [0.25, 0.3) is 5.56 Å². The number of fused-ring (bicyclic) bond motifs is 1. The zero-order chi connectivity index (χ0) is 14.1. The van der Waals surface area contributed by atoms with E-state index in [-0.39, 0.29) is 12.4 Å². The molecular weight excluding hydrogens is 276 g/mol. The molecule has 1 aliphatic heterocycles. The van der Waals surface area contributed by atoms with Crippen molar-refractivity contribution in [1.82, 2.24) is 9.97 Å². The summed E-state index contributed by atoms with van der Waals surface area (Å²) >= 11 is 5.03. The summed E-state index contributed by atoms with van der Waals surface area (Å²) < 4.78 is 11.0. The quantitative estimate of drug-likeness (QED) is 0.851. The Morgan fingerprint density at radius 2 is 2.05 bits per heavy atom. The minimum Gasteiger partial charge on any atom is -0.454 e. The molecule has 5 nitrogen and oxygen atoms in total. The van der Waals surface area contributed by atoms with E-state index in [0.717, 1.165) is 28.3 Å². The SMILES string of the molecule is CCc1c(Cc2ccc3c(c2)OCO3)[nH]c(=S)[nH]c1=O. The van der Waals surface area contributed by atoms with Gasteiger partial charge in [-0.3, -0.25) is 9.78 Å². The van der Waals surface area contributed by atoms with Crippen LogP contribution in [0.15, 0.2) is 23.0 Å². The molecule has 1 aliphatic rings. The minimum atomic E-state index is -0.119. The summed E-state index contributed by atoms with van der Waals surface area (Å²) in [4.78, 5) is 17.6. The first-order valence-corrected chi connectivity index (χ1v) is 6.81. The molecule has 104 valence electrons. The zero-order valence-corrected chi connectivity index (χ0v) is 11.8. The van der Waals surface area contributed by atoms with E-state index < -0.39 is 0 Å². The molecule has 0 spiro atoms. The second-order valence-electron chi connectivity index (χ2n) is 4.58. The summed E-state index contributed by atoms with van der Waals surface area (Å²) in [6.07, 6.45) is 1.26. The third-order valence-electron chi connectivity index (χ3n) is 3.30. The maximum atomic E-state index is 11.9. The van der Waals surface area contributed by atoms with E-state index in [4.69, 9.17) is 21.7 Å². The van der Waals surface area contributed by atoms with Crippen molar-refractivity contribution >= 4 is 12.2 Å². The molecule has 0 atom stereocenters. The number of hydrogen-bond donors (Lipinski definition) is 2. The monoisotopic (exact) mass is 290 g/mol. The van der Waals surface area contributed by atoms with E-state index >= 15 is 0 Å². The Balaban J connectivity index is 1.99. The van der Waals surface area contributed by atoms with Crippen molar-refractivity contribution in [2.24, 2.45) is 0 Å². The lowest BCUT2D eigenvalue weighted by Crippen LogP contribution is -2.17. The molecule has 3 rings (SSSR count). The lowest BCUT2D eigenvalue weighted by Gasteiger charge is -2.08. The smallest absolute Gasteiger partial charge is 0.255 e. The van der Waals surface area contributed by atoms with Gasteiger partial charge in [-0.05, 0) is 36.3 Å². The molecule has 0 saturated carbocycles. The van der Waals surface area contributed by atoms with Crippen molar-refractivity contribution in [1.29, 1.82) is 0 Å². The van der Waals surface area contributed by atoms with Gasteiger partial charge >= 0.3 is 0 Å². The molecule has 0 radical (unpaired) electrons. The van der Waals surface area contributed by atoms with Crippen molar-refractivity contribution in [3.8, 4) is 11.5 Å². The second kappa shape index (κ2) is 5.13. The molecule has 1 aromatic carbocycles.